The molecule has 2 saturated heterocycles. The zero-order valence-electron chi connectivity index (χ0n) is 11.3. The van der Waals surface area contributed by atoms with Gasteiger partial charge in [0.25, 0.3) is 0 Å². The number of nitrogens with zero attached hydrogens (tertiary/aromatic N) is 1. The third-order valence-corrected chi connectivity index (χ3v) is 5.44. The number of hydrogen-bond donors (Lipinski definition) is 1. The first-order valence-corrected chi connectivity index (χ1v) is 7.78. The zero-order chi connectivity index (χ0) is 11.7. The second-order valence-corrected chi connectivity index (χ2v) is 6.71. The van der Waals surface area contributed by atoms with Crippen LogP contribution in [-0.2, 0) is 0 Å². The van der Waals surface area contributed by atoms with E-state index in [1.807, 2.05) is 0 Å². The fraction of sp³-hybridized carbons (Fsp3) is 1.00. The van der Waals surface area contributed by atoms with E-state index in [1.54, 1.807) is 0 Å². The van der Waals surface area contributed by atoms with Crippen LogP contribution in [0, 0.1) is 17.8 Å². The van der Waals surface area contributed by atoms with Crippen LogP contribution in [0.2, 0.25) is 0 Å². The summed E-state index contributed by atoms with van der Waals surface area (Å²) in [5, 5.41) is 3.80. The molecule has 0 amide bonds. The van der Waals surface area contributed by atoms with Gasteiger partial charge in [0.1, 0.15) is 0 Å². The SMILES string of the molecule is CC1CCCN(CC2NCC3CCCC32)CC1. The van der Waals surface area contributed by atoms with E-state index in [0.717, 1.165) is 23.8 Å². The van der Waals surface area contributed by atoms with Crippen molar-refractivity contribution in [1.29, 1.82) is 0 Å². The van der Waals surface area contributed by atoms with Gasteiger partial charge in [-0.05, 0) is 69.5 Å². The molecule has 4 atom stereocenters. The molecule has 98 valence electrons. The van der Waals surface area contributed by atoms with Gasteiger partial charge in [0.15, 0.2) is 0 Å². The second-order valence-electron chi connectivity index (χ2n) is 6.71. The molecule has 0 aromatic heterocycles. The van der Waals surface area contributed by atoms with E-state index in [2.05, 4.69) is 17.1 Å². The van der Waals surface area contributed by atoms with Crippen molar-refractivity contribution in [3.05, 3.63) is 0 Å². The maximum Gasteiger partial charge on any atom is 0.0226 e. The van der Waals surface area contributed by atoms with E-state index in [0.29, 0.717) is 0 Å². The van der Waals surface area contributed by atoms with Crippen molar-refractivity contribution >= 4 is 0 Å². The molecule has 0 bridgehead atoms. The zero-order valence-corrected chi connectivity index (χ0v) is 11.3. The largest absolute Gasteiger partial charge is 0.312 e. The van der Waals surface area contributed by atoms with Crippen molar-refractivity contribution in [1.82, 2.24) is 10.2 Å². The highest BCUT2D eigenvalue weighted by Gasteiger charge is 2.39. The first-order chi connectivity index (χ1) is 8.33. The molecule has 1 aliphatic carbocycles. The van der Waals surface area contributed by atoms with Crippen molar-refractivity contribution in [3.8, 4) is 0 Å². The van der Waals surface area contributed by atoms with E-state index in [1.165, 1.54) is 64.7 Å². The molecule has 0 radical (unpaired) electrons. The predicted octanol–water partition coefficient (Wildman–Crippen LogP) is 2.50. The van der Waals surface area contributed by atoms with Gasteiger partial charge in [-0.3, -0.25) is 0 Å². The number of hydrogen-bond acceptors (Lipinski definition) is 2. The van der Waals surface area contributed by atoms with Crippen LogP contribution < -0.4 is 5.32 Å². The van der Waals surface area contributed by atoms with Crippen molar-refractivity contribution in [2.45, 2.75) is 51.5 Å². The molecule has 2 heterocycles. The molecule has 2 nitrogen and oxygen atoms in total. The Morgan fingerprint density at radius 2 is 2.00 bits per heavy atom. The van der Waals surface area contributed by atoms with Crippen LogP contribution in [0.15, 0.2) is 0 Å². The maximum absolute atomic E-state index is 3.80. The number of likely N-dealkylation sites (tertiary alicyclic amines) is 1. The summed E-state index contributed by atoms with van der Waals surface area (Å²) >= 11 is 0. The van der Waals surface area contributed by atoms with Gasteiger partial charge in [-0.2, -0.15) is 0 Å². The smallest absolute Gasteiger partial charge is 0.0226 e. The molecule has 0 aromatic carbocycles. The lowest BCUT2D eigenvalue weighted by molar-refractivity contribution is 0.231. The molecule has 0 aromatic rings. The minimum atomic E-state index is 0.816. The topological polar surface area (TPSA) is 15.3 Å². The molecule has 17 heavy (non-hydrogen) atoms. The van der Waals surface area contributed by atoms with E-state index in [9.17, 15) is 0 Å². The lowest BCUT2D eigenvalue weighted by Gasteiger charge is -2.27. The van der Waals surface area contributed by atoms with Crippen molar-refractivity contribution in [2.24, 2.45) is 17.8 Å². The van der Waals surface area contributed by atoms with Crippen LogP contribution >= 0.6 is 0 Å². The Morgan fingerprint density at radius 3 is 2.94 bits per heavy atom. The van der Waals surface area contributed by atoms with Crippen molar-refractivity contribution < 1.29 is 0 Å². The fourth-order valence-corrected chi connectivity index (χ4v) is 4.29. The summed E-state index contributed by atoms with van der Waals surface area (Å²) in [7, 11) is 0. The van der Waals surface area contributed by atoms with Crippen LogP contribution in [0.25, 0.3) is 0 Å². The van der Waals surface area contributed by atoms with Gasteiger partial charge in [0.05, 0.1) is 0 Å². The fourth-order valence-electron chi connectivity index (χ4n) is 4.29. The molecule has 2 heteroatoms. The molecular formula is C15H28N2. The Hall–Kier alpha value is -0.0800. The molecule has 3 fully saturated rings. The van der Waals surface area contributed by atoms with Gasteiger partial charge in [0, 0.05) is 12.6 Å². The Balaban J connectivity index is 1.52. The molecule has 3 aliphatic rings. The third kappa shape index (κ3) is 2.68. The molecule has 4 unspecified atom stereocenters. The average Bonchev–Trinajstić information content (AvgIpc) is 2.84. The minimum absolute atomic E-state index is 0.816. The van der Waals surface area contributed by atoms with Gasteiger partial charge >= 0.3 is 0 Å². The van der Waals surface area contributed by atoms with E-state index in [4.69, 9.17) is 0 Å². The number of nitrogens with one attached hydrogen (secondary N) is 1. The van der Waals surface area contributed by atoms with Gasteiger partial charge in [-0.15, -0.1) is 0 Å². The maximum atomic E-state index is 3.80. The first kappa shape index (κ1) is 12.0. The monoisotopic (exact) mass is 236 g/mol. The molecule has 3 rings (SSSR count). The van der Waals surface area contributed by atoms with Crippen molar-refractivity contribution in [3.63, 3.8) is 0 Å². The van der Waals surface area contributed by atoms with Gasteiger partial charge in [0.2, 0.25) is 0 Å². The number of rotatable bonds is 2. The molecular weight excluding hydrogens is 208 g/mol. The molecule has 0 spiro atoms. The van der Waals surface area contributed by atoms with Crippen LogP contribution in [0.5, 0.6) is 0 Å². The number of fused-ring (bicyclic) bond motifs is 1. The summed E-state index contributed by atoms with van der Waals surface area (Å²) in [6.45, 7) is 7.74. The van der Waals surface area contributed by atoms with Crippen LogP contribution in [-0.4, -0.2) is 37.1 Å². The first-order valence-electron chi connectivity index (χ1n) is 7.78. The van der Waals surface area contributed by atoms with Gasteiger partial charge in [-0.1, -0.05) is 13.3 Å². The Labute approximate surface area is 106 Å². The molecule has 2 aliphatic heterocycles. The van der Waals surface area contributed by atoms with Crippen LogP contribution in [0.1, 0.15) is 45.4 Å². The highest BCUT2D eigenvalue weighted by Crippen LogP contribution is 2.38. The summed E-state index contributed by atoms with van der Waals surface area (Å²) in [4.78, 5) is 2.74. The highest BCUT2D eigenvalue weighted by atomic mass is 15.2. The summed E-state index contributed by atoms with van der Waals surface area (Å²) in [5.74, 6) is 2.98. The lowest BCUT2D eigenvalue weighted by atomic mass is 9.94. The lowest BCUT2D eigenvalue weighted by Crippen LogP contribution is -2.41. The molecule has 1 N–H and O–H groups in total. The minimum Gasteiger partial charge on any atom is -0.312 e. The van der Waals surface area contributed by atoms with Crippen LogP contribution in [0.3, 0.4) is 0 Å². The standard InChI is InChI=1S/C15H28N2/c1-12-4-3-8-17(9-7-12)11-15-14-6-2-5-13(14)10-16-15/h12-16H,2-11H2,1H3. The highest BCUT2D eigenvalue weighted by molar-refractivity contribution is 4.95. The van der Waals surface area contributed by atoms with Crippen molar-refractivity contribution in [2.75, 3.05) is 26.2 Å². The summed E-state index contributed by atoms with van der Waals surface area (Å²) in [6, 6.07) is 0.816. The van der Waals surface area contributed by atoms with E-state index < -0.39 is 0 Å². The van der Waals surface area contributed by atoms with Gasteiger partial charge < -0.3 is 10.2 Å². The normalized spacial score (nSPS) is 43.6. The third-order valence-electron chi connectivity index (χ3n) is 5.44. The quantitative estimate of drug-likeness (QED) is 0.792. The Kier molecular flexibility index (Phi) is 3.72. The summed E-state index contributed by atoms with van der Waals surface area (Å²) in [5.41, 5.74) is 0. The average molecular weight is 236 g/mol. The predicted molar refractivity (Wildman–Crippen MR) is 72.1 cm³/mol. The van der Waals surface area contributed by atoms with E-state index >= 15 is 0 Å². The Bertz CT molecular complexity index is 253. The van der Waals surface area contributed by atoms with E-state index in [-0.39, 0.29) is 0 Å². The van der Waals surface area contributed by atoms with Crippen LogP contribution in [0.4, 0.5) is 0 Å². The Morgan fingerprint density at radius 1 is 1.06 bits per heavy atom. The summed E-state index contributed by atoms with van der Waals surface area (Å²) < 4.78 is 0. The van der Waals surface area contributed by atoms with Gasteiger partial charge in [-0.25, -0.2) is 0 Å². The second kappa shape index (κ2) is 5.27. The molecule has 1 saturated carbocycles. The summed E-state index contributed by atoms with van der Waals surface area (Å²) in [6.07, 6.45) is 8.76.